The first-order valence-electron chi connectivity index (χ1n) is 5.95. The Kier molecular flexibility index (Phi) is 5.07. The molecule has 0 heterocycles. The van der Waals surface area contributed by atoms with Crippen LogP contribution in [0.25, 0.3) is 0 Å². The maximum atomic E-state index is 11.8. The fourth-order valence-corrected chi connectivity index (χ4v) is 2.78. The SMILES string of the molecule is CCCCS(=O)(=O)Nc1ccc(C(C)=O)cc1C#N. The molecule has 1 N–H and O–H groups in total. The monoisotopic (exact) mass is 280 g/mol. The van der Waals surface area contributed by atoms with Crippen molar-refractivity contribution in [3.63, 3.8) is 0 Å². The Hall–Kier alpha value is -1.87. The minimum atomic E-state index is -3.45. The van der Waals surface area contributed by atoms with Gasteiger partial charge in [-0.3, -0.25) is 9.52 Å². The van der Waals surface area contributed by atoms with Crippen molar-refractivity contribution in [3.8, 4) is 6.07 Å². The third-order valence-electron chi connectivity index (χ3n) is 2.58. The topological polar surface area (TPSA) is 87.0 Å². The van der Waals surface area contributed by atoms with Crippen LogP contribution >= 0.6 is 0 Å². The molecule has 0 aliphatic rings. The van der Waals surface area contributed by atoms with Gasteiger partial charge in [0, 0.05) is 5.56 Å². The lowest BCUT2D eigenvalue weighted by Gasteiger charge is -2.09. The van der Waals surface area contributed by atoms with Crippen molar-refractivity contribution in [1.29, 1.82) is 5.26 Å². The van der Waals surface area contributed by atoms with Gasteiger partial charge in [-0.2, -0.15) is 5.26 Å². The zero-order chi connectivity index (χ0) is 14.5. The van der Waals surface area contributed by atoms with E-state index in [1.807, 2.05) is 13.0 Å². The molecule has 0 aliphatic carbocycles. The highest BCUT2D eigenvalue weighted by Crippen LogP contribution is 2.19. The van der Waals surface area contributed by atoms with E-state index >= 15 is 0 Å². The van der Waals surface area contributed by atoms with Gasteiger partial charge in [-0.05, 0) is 31.5 Å². The van der Waals surface area contributed by atoms with Crippen molar-refractivity contribution in [1.82, 2.24) is 0 Å². The van der Waals surface area contributed by atoms with Crippen LogP contribution in [0, 0.1) is 11.3 Å². The van der Waals surface area contributed by atoms with E-state index in [1.54, 1.807) is 0 Å². The van der Waals surface area contributed by atoms with E-state index in [2.05, 4.69) is 4.72 Å². The lowest BCUT2D eigenvalue weighted by atomic mass is 10.1. The minimum absolute atomic E-state index is 0.0167. The molecule has 0 fully saturated rings. The molecule has 1 aromatic carbocycles. The molecule has 0 spiro atoms. The van der Waals surface area contributed by atoms with Crippen LogP contribution in [0.1, 0.15) is 42.6 Å². The van der Waals surface area contributed by atoms with Crippen LogP contribution in [-0.2, 0) is 10.0 Å². The van der Waals surface area contributed by atoms with Gasteiger partial charge in [0.25, 0.3) is 0 Å². The van der Waals surface area contributed by atoms with Gasteiger partial charge in [-0.25, -0.2) is 8.42 Å². The molecule has 5 nitrogen and oxygen atoms in total. The summed E-state index contributed by atoms with van der Waals surface area (Å²) in [7, 11) is -3.45. The normalized spacial score (nSPS) is 10.8. The number of nitrogens with one attached hydrogen (secondary N) is 1. The summed E-state index contributed by atoms with van der Waals surface area (Å²) in [4.78, 5) is 11.2. The van der Waals surface area contributed by atoms with Gasteiger partial charge in [0.2, 0.25) is 10.0 Å². The first kappa shape index (κ1) is 15.2. The van der Waals surface area contributed by atoms with E-state index in [-0.39, 0.29) is 22.8 Å². The Morgan fingerprint density at radius 1 is 1.42 bits per heavy atom. The van der Waals surface area contributed by atoms with Crippen molar-refractivity contribution in [2.75, 3.05) is 10.5 Å². The van der Waals surface area contributed by atoms with E-state index in [1.165, 1.54) is 25.1 Å². The quantitative estimate of drug-likeness (QED) is 0.810. The Labute approximate surface area is 113 Å². The molecule has 0 saturated carbocycles. The number of ketones is 1. The van der Waals surface area contributed by atoms with Crippen LogP contribution in [0.2, 0.25) is 0 Å². The molecule has 6 heteroatoms. The number of carbonyl (C=O) groups is 1. The molecule has 0 atom stereocenters. The Bertz CT molecular complexity index is 615. The summed E-state index contributed by atoms with van der Waals surface area (Å²) >= 11 is 0. The highest BCUT2D eigenvalue weighted by atomic mass is 32.2. The minimum Gasteiger partial charge on any atom is -0.295 e. The van der Waals surface area contributed by atoms with E-state index in [0.717, 1.165) is 6.42 Å². The predicted octanol–water partition coefficient (Wildman–Crippen LogP) is 2.30. The highest BCUT2D eigenvalue weighted by molar-refractivity contribution is 7.92. The zero-order valence-electron chi connectivity index (χ0n) is 10.9. The first-order valence-corrected chi connectivity index (χ1v) is 7.60. The fourth-order valence-electron chi connectivity index (χ4n) is 1.50. The predicted molar refractivity (Wildman–Crippen MR) is 73.5 cm³/mol. The van der Waals surface area contributed by atoms with E-state index in [4.69, 9.17) is 5.26 Å². The van der Waals surface area contributed by atoms with Crippen molar-refractivity contribution in [2.45, 2.75) is 26.7 Å². The van der Waals surface area contributed by atoms with Gasteiger partial charge in [-0.15, -0.1) is 0 Å². The Morgan fingerprint density at radius 2 is 2.11 bits per heavy atom. The van der Waals surface area contributed by atoms with E-state index < -0.39 is 10.0 Å². The van der Waals surface area contributed by atoms with Crippen LogP contribution in [0.5, 0.6) is 0 Å². The first-order chi connectivity index (χ1) is 8.89. The van der Waals surface area contributed by atoms with Crippen LogP contribution in [0.4, 0.5) is 5.69 Å². The lowest BCUT2D eigenvalue weighted by Crippen LogP contribution is -2.17. The van der Waals surface area contributed by atoms with Gasteiger partial charge in [0.05, 0.1) is 17.0 Å². The average molecular weight is 280 g/mol. The third-order valence-corrected chi connectivity index (χ3v) is 3.94. The molecule has 0 radical (unpaired) electrons. The lowest BCUT2D eigenvalue weighted by molar-refractivity contribution is 0.101. The number of carbonyl (C=O) groups excluding carboxylic acids is 1. The number of benzene rings is 1. The van der Waals surface area contributed by atoms with Crippen molar-refractivity contribution in [2.24, 2.45) is 0 Å². The summed E-state index contributed by atoms with van der Waals surface area (Å²) in [5.41, 5.74) is 0.740. The number of hydrogen-bond acceptors (Lipinski definition) is 4. The molecule has 0 bridgehead atoms. The van der Waals surface area contributed by atoms with Gasteiger partial charge in [-0.1, -0.05) is 13.3 Å². The maximum Gasteiger partial charge on any atom is 0.232 e. The van der Waals surface area contributed by atoms with Gasteiger partial charge in [0.1, 0.15) is 6.07 Å². The summed E-state index contributed by atoms with van der Waals surface area (Å²) < 4.78 is 25.9. The summed E-state index contributed by atoms with van der Waals surface area (Å²) in [6.07, 6.45) is 1.33. The average Bonchev–Trinajstić information content (AvgIpc) is 2.36. The molecule has 1 aromatic rings. The van der Waals surface area contributed by atoms with E-state index in [9.17, 15) is 13.2 Å². The van der Waals surface area contributed by atoms with Crippen molar-refractivity contribution in [3.05, 3.63) is 29.3 Å². The Morgan fingerprint density at radius 3 is 2.63 bits per heavy atom. The van der Waals surface area contributed by atoms with Crippen molar-refractivity contribution >= 4 is 21.5 Å². The molecule has 19 heavy (non-hydrogen) atoms. The second-order valence-corrected chi connectivity index (χ2v) is 6.04. The van der Waals surface area contributed by atoms with Gasteiger partial charge < -0.3 is 0 Å². The number of nitrogens with zero attached hydrogens (tertiary/aromatic N) is 1. The largest absolute Gasteiger partial charge is 0.295 e. The summed E-state index contributed by atoms with van der Waals surface area (Å²) in [5, 5.41) is 9.00. The number of nitriles is 1. The number of unbranched alkanes of at least 4 members (excludes halogenated alkanes) is 1. The summed E-state index contributed by atoms with van der Waals surface area (Å²) in [6, 6.07) is 6.22. The number of rotatable bonds is 6. The smallest absolute Gasteiger partial charge is 0.232 e. The van der Waals surface area contributed by atoms with E-state index in [0.29, 0.717) is 12.0 Å². The van der Waals surface area contributed by atoms with Gasteiger partial charge in [0.15, 0.2) is 5.78 Å². The molecule has 0 saturated heterocycles. The van der Waals surface area contributed by atoms with Crippen LogP contribution in [0.3, 0.4) is 0 Å². The zero-order valence-corrected chi connectivity index (χ0v) is 11.8. The maximum absolute atomic E-state index is 11.8. The van der Waals surface area contributed by atoms with Crippen LogP contribution in [0.15, 0.2) is 18.2 Å². The highest BCUT2D eigenvalue weighted by Gasteiger charge is 2.13. The number of Topliss-reactive ketones (excluding diaryl/α,β-unsaturated/α-hetero) is 1. The second kappa shape index (κ2) is 6.34. The molecule has 0 unspecified atom stereocenters. The Balaban J connectivity index is 3.03. The molecular weight excluding hydrogens is 264 g/mol. The molecule has 0 amide bonds. The number of hydrogen-bond donors (Lipinski definition) is 1. The molecule has 0 aromatic heterocycles. The standard InChI is InChI=1S/C13H16N2O3S/c1-3-4-7-19(17,18)15-13-6-5-11(10(2)16)8-12(13)9-14/h5-6,8,15H,3-4,7H2,1-2H3. The van der Waals surface area contributed by atoms with Crippen molar-refractivity contribution < 1.29 is 13.2 Å². The molecule has 102 valence electrons. The van der Waals surface area contributed by atoms with Gasteiger partial charge >= 0.3 is 0 Å². The molecule has 1 rings (SSSR count). The fraction of sp³-hybridized carbons (Fsp3) is 0.385. The second-order valence-electron chi connectivity index (χ2n) is 4.20. The molecular formula is C13H16N2O3S. The van der Waals surface area contributed by atoms with Crippen LogP contribution in [-0.4, -0.2) is 20.0 Å². The summed E-state index contributed by atoms with van der Waals surface area (Å²) in [5.74, 6) is -0.153. The molecule has 0 aliphatic heterocycles. The van der Waals surface area contributed by atoms with Crippen LogP contribution < -0.4 is 4.72 Å². The third kappa shape index (κ3) is 4.38. The number of anilines is 1. The number of sulfonamides is 1. The summed E-state index contributed by atoms with van der Waals surface area (Å²) in [6.45, 7) is 3.29.